The molecule has 3 aliphatic rings. The summed E-state index contributed by atoms with van der Waals surface area (Å²) in [4.78, 5) is 41.3. The maximum Gasteiger partial charge on any atom is 0.313 e. The number of amides is 2. The Balaban J connectivity index is 1.66. The zero-order chi connectivity index (χ0) is 19.2. The number of carbonyl (C=O) groups is 3. The Hall–Kier alpha value is -2.06. The summed E-state index contributed by atoms with van der Waals surface area (Å²) >= 11 is 1.42. The van der Waals surface area contributed by atoms with E-state index in [4.69, 9.17) is 4.74 Å². The second-order valence-corrected chi connectivity index (χ2v) is 8.75. The molecule has 0 spiro atoms. The number of hydrogen-bond donors (Lipinski definition) is 1. The van der Waals surface area contributed by atoms with E-state index in [-0.39, 0.29) is 25.0 Å². The first kappa shape index (κ1) is 18.3. The zero-order valence-corrected chi connectivity index (χ0v) is 16.0. The Bertz CT molecular complexity index is 811. The van der Waals surface area contributed by atoms with E-state index in [0.717, 1.165) is 10.6 Å². The van der Waals surface area contributed by atoms with Gasteiger partial charge in [-0.15, -0.1) is 0 Å². The van der Waals surface area contributed by atoms with E-state index in [1.807, 2.05) is 24.3 Å². The van der Waals surface area contributed by atoms with E-state index in [1.54, 1.807) is 9.80 Å². The third kappa shape index (κ3) is 2.65. The van der Waals surface area contributed by atoms with Gasteiger partial charge >= 0.3 is 5.97 Å². The second-order valence-electron chi connectivity index (χ2n) is 7.43. The minimum Gasteiger partial charge on any atom is -0.481 e. The van der Waals surface area contributed by atoms with Gasteiger partial charge in [0.25, 0.3) is 5.91 Å². The number of carbonyl (C=O) groups excluding carboxylic acids is 2. The quantitative estimate of drug-likeness (QED) is 0.846. The zero-order valence-electron chi connectivity index (χ0n) is 15.1. The van der Waals surface area contributed by atoms with Gasteiger partial charge in [-0.3, -0.25) is 19.3 Å². The van der Waals surface area contributed by atoms with Gasteiger partial charge in [0.1, 0.15) is 5.41 Å². The van der Waals surface area contributed by atoms with E-state index < -0.39 is 16.3 Å². The van der Waals surface area contributed by atoms with Crippen molar-refractivity contribution in [3.8, 4) is 0 Å². The number of ether oxygens (including phenoxy) is 1. The van der Waals surface area contributed by atoms with Crippen molar-refractivity contribution in [2.24, 2.45) is 5.41 Å². The number of nitrogens with zero attached hydrogens (tertiary/aromatic N) is 2. The first-order valence-electron chi connectivity index (χ1n) is 9.06. The average Bonchev–Trinajstić information content (AvgIpc) is 3.17. The van der Waals surface area contributed by atoms with Crippen molar-refractivity contribution >= 4 is 35.2 Å². The topological polar surface area (TPSA) is 87.1 Å². The van der Waals surface area contributed by atoms with Crippen LogP contribution in [0, 0.1) is 5.41 Å². The number of likely N-dealkylation sites (tertiary alicyclic amines) is 1. The van der Waals surface area contributed by atoms with Crippen LogP contribution in [0.5, 0.6) is 0 Å². The molecule has 2 amide bonds. The SMILES string of the molecule is COCC1(C(=O)O)CCCN(C(=O)C23CCC(=O)N2c2ccccc2S3)C1. The van der Waals surface area contributed by atoms with Gasteiger partial charge in [-0.05, 0) is 31.4 Å². The van der Waals surface area contributed by atoms with Gasteiger partial charge in [-0.1, -0.05) is 23.9 Å². The maximum absolute atomic E-state index is 13.6. The van der Waals surface area contributed by atoms with E-state index in [2.05, 4.69) is 0 Å². The molecule has 2 saturated heterocycles. The van der Waals surface area contributed by atoms with Crippen molar-refractivity contribution < 1.29 is 24.2 Å². The third-order valence-electron chi connectivity index (χ3n) is 5.75. The Morgan fingerprint density at radius 2 is 2.07 bits per heavy atom. The van der Waals surface area contributed by atoms with Gasteiger partial charge in [-0.2, -0.15) is 0 Å². The third-order valence-corrected chi connectivity index (χ3v) is 7.21. The van der Waals surface area contributed by atoms with Gasteiger partial charge in [-0.25, -0.2) is 0 Å². The minimum absolute atomic E-state index is 0.0563. The van der Waals surface area contributed by atoms with E-state index >= 15 is 0 Å². The standard InChI is InChI=1S/C19H22N2O5S/c1-26-12-18(17(24)25)8-4-10-20(11-18)16(23)19-9-7-15(22)21(19)13-5-2-3-6-14(13)27-19/h2-3,5-6H,4,7-12H2,1H3,(H,24,25). The smallest absolute Gasteiger partial charge is 0.313 e. The molecule has 0 saturated carbocycles. The van der Waals surface area contributed by atoms with Crippen LogP contribution in [-0.2, 0) is 19.1 Å². The molecule has 1 aromatic rings. The summed E-state index contributed by atoms with van der Waals surface area (Å²) in [7, 11) is 1.48. The number of piperidine rings is 1. The summed E-state index contributed by atoms with van der Waals surface area (Å²) in [5, 5.41) is 9.77. The first-order chi connectivity index (χ1) is 12.9. The van der Waals surface area contributed by atoms with Crippen molar-refractivity contribution in [3.63, 3.8) is 0 Å². The molecule has 144 valence electrons. The largest absolute Gasteiger partial charge is 0.481 e. The Morgan fingerprint density at radius 3 is 2.81 bits per heavy atom. The summed E-state index contributed by atoms with van der Waals surface area (Å²) in [5.41, 5.74) is -0.320. The fraction of sp³-hybridized carbons (Fsp3) is 0.526. The number of benzene rings is 1. The van der Waals surface area contributed by atoms with Crippen molar-refractivity contribution in [3.05, 3.63) is 24.3 Å². The van der Waals surface area contributed by atoms with Gasteiger partial charge in [0.15, 0.2) is 4.87 Å². The summed E-state index contributed by atoms with van der Waals surface area (Å²) < 4.78 is 5.16. The number of rotatable bonds is 4. The monoisotopic (exact) mass is 390 g/mol. The molecular weight excluding hydrogens is 368 g/mol. The Kier molecular flexibility index (Phi) is 4.43. The highest BCUT2D eigenvalue weighted by Crippen LogP contribution is 2.56. The maximum atomic E-state index is 13.6. The molecule has 2 fully saturated rings. The number of thioether (sulfide) groups is 1. The number of fused-ring (bicyclic) bond motifs is 3. The molecule has 1 N–H and O–H groups in total. The van der Waals surface area contributed by atoms with E-state index in [1.165, 1.54) is 18.9 Å². The van der Waals surface area contributed by atoms with E-state index in [9.17, 15) is 19.5 Å². The molecule has 7 nitrogen and oxygen atoms in total. The van der Waals surface area contributed by atoms with Crippen molar-refractivity contribution in [1.29, 1.82) is 0 Å². The van der Waals surface area contributed by atoms with Crippen molar-refractivity contribution in [2.75, 3.05) is 31.7 Å². The number of anilines is 1. The van der Waals surface area contributed by atoms with Crippen molar-refractivity contribution in [2.45, 2.75) is 35.4 Å². The van der Waals surface area contributed by atoms with Crippen LogP contribution in [0.15, 0.2) is 29.2 Å². The lowest BCUT2D eigenvalue weighted by atomic mass is 9.80. The number of methoxy groups -OCH3 is 1. The molecule has 3 heterocycles. The Morgan fingerprint density at radius 1 is 1.30 bits per heavy atom. The van der Waals surface area contributed by atoms with Crippen LogP contribution >= 0.6 is 11.8 Å². The molecule has 2 unspecified atom stereocenters. The van der Waals surface area contributed by atoms with Crippen LogP contribution in [-0.4, -0.2) is 59.5 Å². The first-order valence-corrected chi connectivity index (χ1v) is 9.88. The predicted molar refractivity (Wildman–Crippen MR) is 99.5 cm³/mol. The predicted octanol–water partition coefficient (Wildman–Crippen LogP) is 1.96. The average molecular weight is 390 g/mol. The molecule has 3 aliphatic heterocycles. The number of hydrogen-bond acceptors (Lipinski definition) is 5. The molecule has 27 heavy (non-hydrogen) atoms. The van der Waals surface area contributed by atoms with Gasteiger partial charge in [0.2, 0.25) is 5.91 Å². The normalized spacial score (nSPS) is 29.6. The van der Waals surface area contributed by atoms with Crippen LogP contribution in [0.3, 0.4) is 0 Å². The lowest BCUT2D eigenvalue weighted by Gasteiger charge is -2.43. The molecule has 2 atom stereocenters. The molecule has 0 aromatic heterocycles. The van der Waals surface area contributed by atoms with Crippen molar-refractivity contribution in [1.82, 2.24) is 4.90 Å². The highest BCUT2D eigenvalue weighted by atomic mass is 32.2. The molecule has 0 bridgehead atoms. The summed E-state index contributed by atoms with van der Waals surface area (Å²) in [6, 6.07) is 7.54. The summed E-state index contributed by atoms with van der Waals surface area (Å²) in [5.74, 6) is -1.17. The van der Waals surface area contributed by atoms with Gasteiger partial charge < -0.3 is 14.7 Å². The number of para-hydroxylation sites is 1. The lowest BCUT2D eigenvalue weighted by Crippen LogP contribution is -2.59. The van der Waals surface area contributed by atoms with E-state index in [0.29, 0.717) is 32.2 Å². The van der Waals surface area contributed by atoms with Crippen LogP contribution in [0.1, 0.15) is 25.7 Å². The van der Waals surface area contributed by atoms with Gasteiger partial charge in [0.05, 0.1) is 12.3 Å². The molecular formula is C19H22N2O5S. The summed E-state index contributed by atoms with van der Waals surface area (Å²) in [6.45, 7) is 0.670. The minimum atomic E-state index is -1.09. The molecule has 0 radical (unpaired) electrons. The van der Waals surface area contributed by atoms with Crippen LogP contribution in [0.2, 0.25) is 0 Å². The summed E-state index contributed by atoms with van der Waals surface area (Å²) in [6.07, 6.45) is 1.83. The molecule has 8 heteroatoms. The molecule has 1 aromatic carbocycles. The van der Waals surface area contributed by atoms with Crippen LogP contribution < -0.4 is 4.90 Å². The number of carboxylic acids is 1. The number of aliphatic carboxylic acids is 1. The van der Waals surface area contributed by atoms with Crippen LogP contribution in [0.4, 0.5) is 5.69 Å². The fourth-order valence-electron chi connectivity index (χ4n) is 4.47. The van der Waals surface area contributed by atoms with Crippen LogP contribution in [0.25, 0.3) is 0 Å². The highest BCUT2D eigenvalue weighted by molar-refractivity contribution is 8.02. The molecule has 0 aliphatic carbocycles. The lowest BCUT2D eigenvalue weighted by molar-refractivity contribution is -0.159. The highest BCUT2D eigenvalue weighted by Gasteiger charge is 2.59. The second kappa shape index (κ2) is 6.53. The number of carboxylic acid groups (broad SMARTS) is 1. The Labute approximate surface area is 161 Å². The fourth-order valence-corrected chi connectivity index (χ4v) is 5.95. The van der Waals surface area contributed by atoms with Gasteiger partial charge in [0, 0.05) is 31.5 Å². The molecule has 4 rings (SSSR count).